The molecule has 0 aliphatic rings. The van der Waals surface area contributed by atoms with Crippen LogP contribution in [0.4, 0.5) is 4.79 Å². The Hall–Kier alpha value is -1.97. The standard InChI is InChI=1S/C18H25ClN2O4/c1-6-11-8-13(19)12(9-20)15(16(11)24-7-2)14(22)10-21-17(23)25-18(3,4)5/h8,14,22H,6-7,10H2,1-5H3,(H,21,23). The van der Waals surface area contributed by atoms with E-state index in [0.29, 0.717) is 18.8 Å². The number of nitriles is 1. The summed E-state index contributed by atoms with van der Waals surface area (Å²) < 4.78 is 10.8. The predicted octanol–water partition coefficient (Wildman–Crippen LogP) is 3.73. The monoisotopic (exact) mass is 368 g/mol. The summed E-state index contributed by atoms with van der Waals surface area (Å²) in [6.45, 7) is 9.22. The molecule has 1 unspecified atom stereocenters. The van der Waals surface area contributed by atoms with Crippen molar-refractivity contribution in [1.29, 1.82) is 5.26 Å². The first-order valence-corrected chi connectivity index (χ1v) is 8.55. The van der Waals surface area contributed by atoms with Crippen molar-refractivity contribution in [3.63, 3.8) is 0 Å². The molecule has 0 fully saturated rings. The Kier molecular flexibility index (Phi) is 7.53. The van der Waals surface area contributed by atoms with Crippen LogP contribution in [-0.2, 0) is 11.2 Å². The molecule has 0 bridgehead atoms. The first-order chi connectivity index (χ1) is 11.6. The third-order valence-electron chi connectivity index (χ3n) is 3.30. The molecule has 0 saturated heterocycles. The van der Waals surface area contributed by atoms with Gasteiger partial charge in [0.25, 0.3) is 0 Å². The van der Waals surface area contributed by atoms with E-state index in [0.717, 1.165) is 5.56 Å². The highest BCUT2D eigenvalue weighted by molar-refractivity contribution is 6.32. The van der Waals surface area contributed by atoms with Crippen LogP contribution in [0.2, 0.25) is 5.02 Å². The normalized spacial score (nSPS) is 12.2. The number of aliphatic hydroxyl groups is 1. The number of benzene rings is 1. The zero-order valence-electron chi connectivity index (χ0n) is 15.3. The minimum atomic E-state index is -1.16. The lowest BCUT2D eigenvalue weighted by Gasteiger charge is -2.23. The molecular formula is C18H25ClN2O4. The topological polar surface area (TPSA) is 91.6 Å². The molecule has 138 valence electrons. The average molecular weight is 369 g/mol. The van der Waals surface area contributed by atoms with E-state index in [2.05, 4.69) is 5.32 Å². The third-order valence-corrected chi connectivity index (χ3v) is 3.60. The molecule has 1 atom stereocenters. The van der Waals surface area contributed by atoms with Gasteiger partial charge < -0.3 is 19.9 Å². The molecule has 0 heterocycles. The van der Waals surface area contributed by atoms with Gasteiger partial charge in [-0.25, -0.2) is 4.79 Å². The summed E-state index contributed by atoms with van der Waals surface area (Å²) in [5, 5.41) is 22.7. The number of alkyl carbamates (subject to hydrolysis) is 1. The van der Waals surface area contributed by atoms with Crippen LogP contribution in [0.3, 0.4) is 0 Å². The van der Waals surface area contributed by atoms with Gasteiger partial charge in [0.05, 0.1) is 23.7 Å². The Morgan fingerprint density at radius 3 is 2.56 bits per heavy atom. The number of ether oxygens (including phenoxy) is 2. The Morgan fingerprint density at radius 2 is 2.08 bits per heavy atom. The summed E-state index contributed by atoms with van der Waals surface area (Å²) in [4.78, 5) is 11.8. The SMILES string of the molecule is CCOc1c(CC)cc(Cl)c(C#N)c1C(O)CNC(=O)OC(C)(C)C. The van der Waals surface area contributed by atoms with E-state index in [1.807, 2.05) is 19.9 Å². The maximum atomic E-state index is 11.8. The van der Waals surface area contributed by atoms with Gasteiger partial charge in [0.1, 0.15) is 23.5 Å². The van der Waals surface area contributed by atoms with Crippen molar-refractivity contribution < 1.29 is 19.4 Å². The van der Waals surface area contributed by atoms with Crippen LogP contribution in [0.1, 0.15) is 57.4 Å². The summed E-state index contributed by atoms with van der Waals surface area (Å²) in [5.41, 5.74) is 0.567. The van der Waals surface area contributed by atoms with E-state index in [1.165, 1.54) is 0 Å². The van der Waals surface area contributed by atoms with E-state index >= 15 is 0 Å². The van der Waals surface area contributed by atoms with Gasteiger partial charge in [-0.3, -0.25) is 0 Å². The van der Waals surface area contributed by atoms with Crippen molar-refractivity contribution >= 4 is 17.7 Å². The number of rotatable bonds is 6. The van der Waals surface area contributed by atoms with Gasteiger partial charge in [-0.1, -0.05) is 18.5 Å². The van der Waals surface area contributed by atoms with E-state index in [-0.39, 0.29) is 22.7 Å². The highest BCUT2D eigenvalue weighted by Gasteiger charge is 2.25. The van der Waals surface area contributed by atoms with E-state index in [1.54, 1.807) is 26.8 Å². The van der Waals surface area contributed by atoms with Gasteiger partial charge in [-0.15, -0.1) is 0 Å². The fraction of sp³-hybridized carbons (Fsp3) is 0.556. The largest absolute Gasteiger partial charge is 0.493 e. The van der Waals surface area contributed by atoms with Crippen molar-refractivity contribution in [2.45, 2.75) is 52.7 Å². The van der Waals surface area contributed by atoms with E-state index in [4.69, 9.17) is 21.1 Å². The molecule has 0 aliphatic heterocycles. The molecule has 7 heteroatoms. The fourth-order valence-electron chi connectivity index (χ4n) is 2.31. The zero-order chi connectivity index (χ0) is 19.2. The van der Waals surface area contributed by atoms with Crippen molar-refractivity contribution in [2.24, 2.45) is 0 Å². The van der Waals surface area contributed by atoms with Crippen LogP contribution >= 0.6 is 11.6 Å². The van der Waals surface area contributed by atoms with E-state index in [9.17, 15) is 15.2 Å². The number of carbonyl (C=O) groups is 1. The molecule has 2 N–H and O–H groups in total. The second-order valence-corrected chi connectivity index (χ2v) is 6.84. The number of hydrogen-bond acceptors (Lipinski definition) is 5. The van der Waals surface area contributed by atoms with Gasteiger partial charge in [-0.2, -0.15) is 5.26 Å². The summed E-state index contributed by atoms with van der Waals surface area (Å²) >= 11 is 6.18. The number of halogens is 1. The quantitative estimate of drug-likeness (QED) is 0.798. The maximum absolute atomic E-state index is 11.8. The maximum Gasteiger partial charge on any atom is 0.407 e. The van der Waals surface area contributed by atoms with Crippen molar-refractivity contribution in [3.8, 4) is 11.8 Å². The lowest BCUT2D eigenvalue weighted by atomic mass is 9.96. The number of nitrogens with zero attached hydrogens (tertiary/aromatic N) is 1. The van der Waals surface area contributed by atoms with Crippen LogP contribution in [0.15, 0.2) is 6.07 Å². The lowest BCUT2D eigenvalue weighted by Crippen LogP contribution is -2.35. The molecule has 25 heavy (non-hydrogen) atoms. The molecular weight excluding hydrogens is 344 g/mol. The molecule has 0 aromatic heterocycles. The van der Waals surface area contributed by atoms with Crippen LogP contribution in [-0.4, -0.2) is 30.0 Å². The Labute approximate surface area is 153 Å². The molecule has 1 aromatic rings. The summed E-state index contributed by atoms with van der Waals surface area (Å²) in [6, 6.07) is 3.67. The van der Waals surface area contributed by atoms with E-state index < -0.39 is 17.8 Å². The Bertz CT molecular complexity index is 663. The highest BCUT2D eigenvalue weighted by Crippen LogP contribution is 2.37. The van der Waals surface area contributed by atoms with Crippen LogP contribution < -0.4 is 10.1 Å². The number of amides is 1. The number of aryl methyl sites for hydroxylation is 1. The van der Waals surface area contributed by atoms with Crippen LogP contribution in [0.25, 0.3) is 0 Å². The molecule has 1 rings (SSSR count). The first kappa shape index (κ1) is 21.1. The molecule has 0 aliphatic carbocycles. The predicted molar refractivity (Wildman–Crippen MR) is 95.9 cm³/mol. The minimum Gasteiger partial charge on any atom is -0.493 e. The molecule has 0 spiro atoms. The lowest BCUT2D eigenvalue weighted by molar-refractivity contribution is 0.0490. The van der Waals surface area contributed by atoms with Crippen molar-refractivity contribution in [2.75, 3.05) is 13.2 Å². The molecule has 1 amide bonds. The number of hydrogen-bond donors (Lipinski definition) is 2. The van der Waals surface area contributed by atoms with Gasteiger partial charge >= 0.3 is 6.09 Å². The number of nitrogens with one attached hydrogen (secondary N) is 1. The number of carbonyl (C=O) groups excluding carboxylic acids is 1. The molecule has 6 nitrogen and oxygen atoms in total. The highest BCUT2D eigenvalue weighted by atomic mass is 35.5. The first-order valence-electron chi connectivity index (χ1n) is 8.17. The summed E-state index contributed by atoms with van der Waals surface area (Å²) in [7, 11) is 0. The average Bonchev–Trinajstić information content (AvgIpc) is 2.51. The Morgan fingerprint density at radius 1 is 1.44 bits per heavy atom. The van der Waals surface area contributed by atoms with Gasteiger partial charge in [0, 0.05) is 5.56 Å². The fourth-order valence-corrected chi connectivity index (χ4v) is 2.59. The number of aliphatic hydroxyl groups excluding tert-OH is 1. The van der Waals surface area contributed by atoms with Crippen LogP contribution in [0, 0.1) is 11.3 Å². The Balaban J connectivity index is 3.14. The second-order valence-electron chi connectivity index (χ2n) is 6.43. The second kappa shape index (κ2) is 8.93. The van der Waals surface area contributed by atoms with Gasteiger partial charge in [0.15, 0.2) is 0 Å². The molecule has 1 aromatic carbocycles. The smallest absolute Gasteiger partial charge is 0.407 e. The van der Waals surface area contributed by atoms with Crippen molar-refractivity contribution in [3.05, 3.63) is 27.8 Å². The van der Waals surface area contributed by atoms with Crippen LogP contribution in [0.5, 0.6) is 5.75 Å². The summed E-state index contributed by atoms with van der Waals surface area (Å²) in [5.74, 6) is 0.435. The summed E-state index contributed by atoms with van der Waals surface area (Å²) in [6.07, 6.45) is -1.19. The molecule has 0 saturated carbocycles. The van der Waals surface area contributed by atoms with Crippen molar-refractivity contribution in [1.82, 2.24) is 5.32 Å². The zero-order valence-corrected chi connectivity index (χ0v) is 16.0. The molecule has 0 radical (unpaired) electrons. The minimum absolute atomic E-state index is 0.132. The third kappa shape index (κ3) is 5.80. The van der Waals surface area contributed by atoms with Gasteiger partial charge in [0.2, 0.25) is 0 Å². The van der Waals surface area contributed by atoms with Gasteiger partial charge in [-0.05, 0) is 45.7 Å².